The number of rotatable bonds is 4. The number of nitrogens with one attached hydrogen (secondary N) is 2. The molecule has 5 aromatic rings. The van der Waals surface area contributed by atoms with Crippen molar-refractivity contribution in [2.45, 2.75) is 6.18 Å². The largest absolute Gasteiger partial charge is 0.456 e. The van der Waals surface area contributed by atoms with E-state index in [1.807, 2.05) is 6.07 Å². The first-order chi connectivity index (χ1) is 15.9. The lowest BCUT2D eigenvalue weighted by atomic mass is 10.0. The number of hydrogen-bond donors (Lipinski definition) is 2. The zero-order valence-electron chi connectivity index (χ0n) is 16.9. The maximum absolute atomic E-state index is 12.8. The van der Waals surface area contributed by atoms with E-state index < -0.39 is 17.6 Å². The van der Waals surface area contributed by atoms with Crippen molar-refractivity contribution >= 4 is 33.4 Å². The summed E-state index contributed by atoms with van der Waals surface area (Å²) in [5.41, 5.74) is 0.488. The van der Waals surface area contributed by atoms with Crippen LogP contribution in [0.15, 0.2) is 79.1 Å². The molecule has 0 fully saturated rings. The summed E-state index contributed by atoms with van der Waals surface area (Å²) in [6.07, 6.45) is -1.19. The molecule has 0 atom stereocenters. The zero-order valence-corrected chi connectivity index (χ0v) is 16.9. The van der Waals surface area contributed by atoms with Crippen LogP contribution >= 0.6 is 0 Å². The number of benzene rings is 3. The molecule has 0 bridgehead atoms. The molecule has 5 rings (SSSR count). The van der Waals surface area contributed by atoms with E-state index in [2.05, 4.69) is 20.5 Å². The molecule has 0 aliphatic heterocycles. The smallest absolute Gasteiger partial charge is 0.416 e. The van der Waals surface area contributed by atoms with E-state index in [9.17, 15) is 18.0 Å². The summed E-state index contributed by atoms with van der Waals surface area (Å²) in [5, 5.41) is 11.6. The van der Waals surface area contributed by atoms with Gasteiger partial charge in [-0.2, -0.15) is 18.3 Å². The molecule has 164 valence electrons. The highest BCUT2D eigenvalue weighted by Gasteiger charge is 2.30. The molecular formula is C24H15F3N4O2. The van der Waals surface area contributed by atoms with Gasteiger partial charge in [-0.3, -0.25) is 9.89 Å². The molecule has 0 radical (unpaired) electrons. The van der Waals surface area contributed by atoms with Crippen LogP contribution in [0.4, 0.5) is 18.9 Å². The van der Waals surface area contributed by atoms with Crippen molar-refractivity contribution in [3.05, 3.63) is 90.3 Å². The second kappa shape index (κ2) is 7.94. The first-order valence-corrected chi connectivity index (χ1v) is 9.86. The van der Waals surface area contributed by atoms with Crippen LogP contribution in [0.2, 0.25) is 0 Å². The van der Waals surface area contributed by atoms with Crippen molar-refractivity contribution < 1.29 is 22.7 Å². The molecule has 1 amide bonds. The lowest BCUT2D eigenvalue weighted by Crippen LogP contribution is -2.13. The van der Waals surface area contributed by atoms with Gasteiger partial charge in [-0.15, -0.1) is 0 Å². The molecule has 6 nitrogen and oxygen atoms in total. The fourth-order valence-corrected chi connectivity index (χ4v) is 3.51. The molecule has 33 heavy (non-hydrogen) atoms. The van der Waals surface area contributed by atoms with E-state index in [0.717, 1.165) is 22.9 Å². The molecule has 9 heteroatoms. The van der Waals surface area contributed by atoms with Crippen LogP contribution in [0.5, 0.6) is 11.5 Å². The molecule has 2 N–H and O–H groups in total. The predicted octanol–water partition coefficient (Wildman–Crippen LogP) is 6.17. The minimum absolute atomic E-state index is 0.270. The van der Waals surface area contributed by atoms with Crippen molar-refractivity contribution in [1.82, 2.24) is 15.2 Å². The summed E-state index contributed by atoms with van der Waals surface area (Å²) in [7, 11) is 0. The molecule has 0 saturated heterocycles. The van der Waals surface area contributed by atoms with Gasteiger partial charge >= 0.3 is 6.18 Å². The van der Waals surface area contributed by atoms with Gasteiger partial charge in [-0.1, -0.05) is 12.1 Å². The molecule has 2 aromatic heterocycles. The summed E-state index contributed by atoms with van der Waals surface area (Å²) in [6, 6.07) is 16.6. The van der Waals surface area contributed by atoms with E-state index in [1.54, 1.807) is 48.8 Å². The number of carbonyl (C=O) groups excluding carboxylic acids is 1. The fraction of sp³-hybridized carbons (Fsp3) is 0.0417. The van der Waals surface area contributed by atoms with Crippen LogP contribution in [0.25, 0.3) is 21.8 Å². The number of anilines is 1. The summed E-state index contributed by atoms with van der Waals surface area (Å²) < 4.78 is 44.2. The SMILES string of the molecule is O=C(Nc1ccc(C(F)(F)F)cc1)c1cccc2cc(Oc3ccnc4[nH]ncc34)ccc12. The van der Waals surface area contributed by atoms with Gasteiger partial charge in [0.25, 0.3) is 5.91 Å². The van der Waals surface area contributed by atoms with Gasteiger partial charge < -0.3 is 10.1 Å². The number of carbonyl (C=O) groups is 1. The van der Waals surface area contributed by atoms with E-state index in [-0.39, 0.29) is 5.69 Å². The normalized spacial score (nSPS) is 11.6. The lowest BCUT2D eigenvalue weighted by molar-refractivity contribution is -0.137. The van der Waals surface area contributed by atoms with E-state index in [1.165, 1.54) is 12.1 Å². The van der Waals surface area contributed by atoms with Gasteiger partial charge in [0.2, 0.25) is 0 Å². The number of hydrogen-bond acceptors (Lipinski definition) is 4. The summed E-state index contributed by atoms with van der Waals surface area (Å²) in [6.45, 7) is 0. The highest BCUT2D eigenvalue weighted by Crippen LogP contribution is 2.32. The number of halogens is 3. The Morgan fingerprint density at radius 3 is 2.58 bits per heavy atom. The Bertz CT molecular complexity index is 1480. The third kappa shape index (κ3) is 4.08. The van der Waals surface area contributed by atoms with Gasteiger partial charge in [0.05, 0.1) is 17.1 Å². The number of aromatic amines is 1. The van der Waals surface area contributed by atoms with Crippen molar-refractivity contribution in [3.63, 3.8) is 0 Å². The van der Waals surface area contributed by atoms with Gasteiger partial charge in [0, 0.05) is 17.4 Å². The molecule has 2 heterocycles. The summed E-state index contributed by atoms with van der Waals surface area (Å²) >= 11 is 0. The van der Waals surface area contributed by atoms with Gasteiger partial charge in [0.1, 0.15) is 11.5 Å². The number of H-pyrrole nitrogens is 1. The highest BCUT2D eigenvalue weighted by molar-refractivity contribution is 6.13. The first-order valence-electron chi connectivity index (χ1n) is 9.86. The van der Waals surface area contributed by atoms with Crippen LogP contribution in [0.3, 0.4) is 0 Å². The molecule has 0 saturated carbocycles. The first kappa shape index (κ1) is 20.5. The van der Waals surface area contributed by atoms with Crippen LogP contribution in [-0.2, 0) is 6.18 Å². The number of alkyl halides is 3. The average molecular weight is 448 g/mol. The lowest BCUT2D eigenvalue weighted by Gasteiger charge is -2.11. The van der Waals surface area contributed by atoms with Crippen molar-refractivity contribution in [2.75, 3.05) is 5.32 Å². The minimum Gasteiger partial charge on any atom is -0.456 e. The van der Waals surface area contributed by atoms with Crippen LogP contribution in [0.1, 0.15) is 15.9 Å². The van der Waals surface area contributed by atoms with E-state index in [4.69, 9.17) is 4.74 Å². The fourth-order valence-electron chi connectivity index (χ4n) is 3.51. The Labute approximate surface area is 185 Å². The quantitative estimate of drug-likeness (QED) is 0.344. The number of fused-ring (bicyclic) bond motifs is 2. The Hall–Kier alpha value is -4.40. The predicted molar refractivity (Wildman–Crippen MR) is 117 cm³/mol. The maximum Gasteiger partial charge on any atom is 0.416 e. The molecule has 0 aliphatic carbocycles. The standard InChI is InChI=1S/C24H15F3N4O2/c25-24(26,27)15-4-6-16(7-5-15)30-23(32)19-3-1-2-14-12-17(8-9-18(14)19)33-21-10-11-28-22-20(21)13-29-31-22/h1-13H,(H,30,32)(H,28,29,31). The van der Waals surface area contributed by atoms with Gasteiger partial charge in [-0.25, -0.2) is 4.98 Å². The molecule has 3 aromatic carbocycles. The summed E-state index contributed by atoms with van der Waals surface area (Å²) in [5.74, 6) is 0.726. The van der Waals surface area contributed by atoms with Crippen molar-refractivity contribution in [1.29, 1.82) is 0 Å². The number of nitrogens with zero attached hydrogens (tertiary/aromatic N) is 2. The Morgan fingerprint density at radius 1 is 0.970 bits per heavy atom. The molecule has 0 aliphatic rings. The third-order valence-electron chi connectivity index (χ3n) is 5.11. The Balaban J connectivity index is 1.40. The monoisotopic (exact) mass is 448 g/mol. The Morgan fingerprint density at radius 2 is 1.79 bits per heavy atom. The number of pyridine rings is 1. The molecular weight excluding hydrogens is 433 g/mol. The number of aromatic nitrogens is 3. The van der Waals surface area contributed by atoms with Gasteiger partial charge in [0.15, 0.2) is 5.65 Å². The second-order valence-corrected chi connectivity index (χ2v) is 7.26. The molecule has 0 unspecified atom stereocenters. The van der Waals surface area contributed by atoms with Crippen molar-refractivity contribution in [2.24, 2.45) is 0 Å². The van der Waals surface area contributed by atoms with Crippen LogP contribution in [-0.4, -0.2) is 21.1 Å². The summed E-state index contributed by atoms with van der Waals surface area (Å²) in [4.78, 5) is 17.0. The van der Waals surface area contributed by atoms with Crippen LogP contribution < -0.4 is 10.1 Å². The highest BCUT2D eigenvalue weighted by atomic mass is 19.4. The topological polar surface area (TPSA) is 79.9 Å². The maximum atomic E-state index is 12.8. The molecule has 0 spiro atoms. The Kier molecular flexibility index (Phi) is 4.93. The van der Waals surface area contributed by atoms with E-state index >= 15 is 0 Å². The zero-order chi connectivity index (χ0) is 23.0. The van der Waals surface area contributed by atoms with Gasteiger partial charge in [-0.05, 0) is 65.4 Å². The number of amides is 1. The second-order valence-electron chi connectivity index (χ2n) is 7.26. The van der Waals surface area contributed by atoms with E-state index in [0.29, 0.717) is 28.1 Å². The number of ether oxygens (including phenoxy) is 1. The third-order valence-corrected chi connectivity index (χ3v) is 5.11. The average Bonchev–Trinajstić information content (AvgIpc) is 3.28. The van der Waals surface area contributed by atoms with Crippen LogP contribution in [0, 0.1) is 0 Å². The van der Waals surface area contributed by atoms with Crippen molar-refractivity contribution in [3.8, 4) is 11.5 Å². The minimum atomic E-state index is -4.43.